The van der Waals surface area contributed by atoms with Crippen LogP contribution in [0.4, 0.5) is 10.5 Å². The van der Waals surface area contributed by atoms with Gasteiger partial charge in [0.15, 0.2) is 0 Å². The maximum Gasteiger partial charge on any atom is 0.321 e. The van der Waals surface area contributed by atoms with Crippen LogP contribution in [0.15, 0.2) is 18.2 Å². The van der Waals surface area contributed by atoms with Gasteiger partial charge in [0.1, 0.15) is 0 Å². The van der Waals surface area contributed by atoms with Gasteiger partial charge < -0.3 is 20.2 Å². The fraction of sp³-hybridized carbons (Fsp3) is 0.526. The van der Waals surface area contributed by atoms with Crippen LogP contribution in [0.25, 0.3) is 0 Å². The molecule has 1 aromatic rings. The number of amides is 3. The fourth-order valence-electron chi connectivity index (χ4n) is 3.23. The number of carbonyl (C=O) groups is 3. The molecule has 3 amide bonds. The molecule has 0 aliphatic carbocycles. The molecular weight excluding hydrogens is 370 g/mol. The van der Waals surface area contributed by atoms with Crippen molar-refractivity contribution in [2.24, 2.45) is 5.92 Å². The lowest BCUT2D eigenvalue weighted by atomic mass is 9.99. The lowest BCUT2D eigenvalue weighted by Crippen LogP contribution is -2.44. The molecule has 7 nitrogen and oxygen atoms in total. The van der Waals surface area contributed by atoms with Gasteiger partial charge in [0.05, 0.1) is 16.5 Å². The Morgan fingerprint density at radius 3 is 2.67 bits per heavy atom. The average molecular weight is 396 g/mol. The van der Waals surface area contributed by atoms with E-state index in [2.05, 4.69) is 5.32 Å². The van der Waals surface area contributed by atoms with Crippen molar-refractivity contribution in [3.8, 4) is 0 Å². The largest absolute Gasteiger partial charge is 0.481 e. The molecule has 27 heavy (non-hydrogen) atoms. The summed E-state index contributed by atoms with van der Waals surface area (Å²) in [6.45, 7) is 6.98. The third-order valence-corrected chi connectivity index (χ3v) is 5.06. The molecule has 148 valence electrons. The van der Waals surface area contributed by atoms with Crippen LogP contribution in [0.1, 0.15) is 44.0 Å². The molecule has 0 spiro atoms. The highest BCUT2D eigenvalue weighted by molar-refractivity contribution is 6.34. The van der Waals surface area contributed by atoms with Gasteiger partial charge >= 0.3 is 12.0 Å². The van der Waals surface area contributed by atoms with E-state index in [-0.39, 0.29) is 24.5 Å². The van der Waals surface area contributed by atoms with Gasteiger partial charge in [-0.1, -0.05) is 11.6 Å². The van der Waals surface area contributed by atoms with E-state index in [0.717, 1.165) is 0 Å². The standard InChI is InChI=1S/C19H26ClN3O4/c1-4-23(12(2)3)17(24)15-10-14(7-8-16(15)20)21-19(27)22-9-5-6-13(11-22)18(25)26/h7-8,10,12-13H,4-6,9,11H2,1-3H3,(H,21,27)(H,25,26). The third-order valence-electron chi connectivity index (χ3n) is 4.73. The highest BCUT2D eigenvalue weighted by Gasteiger charge is 2.28. The summed E-state index contributed by atoms with van der Waals surface area (Å²) < 4.78 is 0. The van der Waals surface area contributed by atoms with Crippen molar-refractivity contribution in [3.05, 3.63) is 28.8 Å². The van der Waals surface area contributed by atoms with E-state index in [4.69, 9.17) is 16.7 Å². The molecular formula is C19H26ClN3O4. The molecule has 0 bridgehead atoms. The quantitative estimate of drug-likeness (QED) is 0.797. The van der Waals surface area contributed by atoms with Crippen LogP contribution in [0.5, 0.6) is 0 Å². The molecule has 1 atom stereocenters. The molecule has 0 aromatic heterocycles. The fourth-order valence-corrected chi connectivity index (χ4v) is 3.43. The maximum atomic E-state index is 12.7. The molecule has 1 fully saturated rings. The van der Waals surface area contributed by atoms with Crippen molar-refractivity contribution in [3.63, 3.8) is 0 Å². The molecule has 0 radical (unpaired) electrons. The van der Waals surface area contributed by atoms with Crippen LogP contribution in [-0.4, -0.2) is 58.5 Å². The number of hydrogen-bond donors (Lipinski definition) is 2. The number of hydrogen-bond acceptors (Lipinski definition) is 3. The number of aliphatic carboxylic acids is 1. The Morgan fingerprint density at radius 1 is 1.37 bits per heavy atom. The Balaban J connectivity index is 2.14. The van der Waals surface area contributed by atoms with E-state index >= 15 is 0 Å². The number of halogens is 1. The third kappa shape index (κ3) is 5.13. The van der Waals surface area contributed by atoms with E-state index in [1.54, 1.807) is 23.1 Å². The van der Waals surface area contributed by atoms with Gasteiger partial charge in [-0.3, -0.25) is 9.59 Å². The van der Waals surface area contributed by atoms with Gasteiger partial charge in [-0.05, 0) is 51.8 Å². The first-order valence-electron chi connectivity index (χ1n) is 9.13. The number of nitrogens with zero attached hydrogens (tertiary/aromatic N) is 2. The Kier molecular flexibility index (Phi) is 7.07. The minimum absolute atomic E-state index is 0.0260. The number of rotatable bonds is 5. The molecule has 2 N–H and O–H groups in total. The molecule has 1 heterocycles. The number of carboxylic acid groups (broad SMARTS) is 1. The lowest BCUT2D eigenvalue weighted by molar-refractivity contribution is -0.143. The van der Waals surface area contributed by atoms with Crippen molar-refractivity contribution < 1.29 is 19.5 Å². The van der Waals surface area contributed by atoms with E-state index < -0.39 is 11.9 Å². The zero-order valence-electron chi connectivity index (χ0n) is 15.9. The second-order valence-corrected chi connectivity index (χ2v) is 7.34. The van der Waals surface area contributed by atoms with Gasteiger partial charge in [0.2, 0.25) is 0 Å². The smallest absolute Gasteiger partial charge is 0.321 e. The average Bonchev–Trinajstić information content (AvgIpc) is 2.63. The summed E-state index contributed by atoms with van der Waals surface area (Å²) in [6, 6.07) is 4.42. The Morgan fingerprint density at radius 2 is 2.07 bits per heavy atom. The number of urea groups is 1. The monoisotopic (exact) mass is 395 g/mol. The summed E-state index contributed by atoms with van der Waals surface area (Å²) in [4.78, 5) is 39.6. The summed E-state index contributed by atoms with van der Waals surface area (Å²) >= 11 is 6.20. The molecule has 1 aliphatic rings. The first-order chi connectivity index (χ1) is 12.7. The molecule has 8 heteroatoms. The molecule has 1 saturated heterocycles. The first kappa shape index (κ1) is 21.0. The molecule has 1 unspecified atom stereocenters. The number of anilines is 1. The number of carboxylic acids is 1. The highest BCUT2D eigenvalue weighted by Crippen LogP contribution is 2.24. The van der Waals surface area contributed by atoms with Crippen LogP contribution in [0.2, 0.25) is 5.02 Å². The van der Waals surface area contributed by atoms with Crippen molar-refractivity contribution in [2.75, 3.05) is 25.0 Å². The maximum absolute atomic E-state index is 12.7. The predicted molar refractivity (Wildman–Crippen MR) is 104 cm³/mol. The van der Waals surface area contributed by atoms with E-state index in [1.807, 2.05) is 20.8 Å². The summed E-state index contributed by atoms with van der Waals surface area (Å²) in [5, 5.41) is 12.2. The zero-order chi connectivity index (χ0) is 20.1. The van der Waals surface area contributed by atoms with Gasteiger partial charge in [-0.2, -0.15) is 0 Å². The van der Waals surface area contributed by atoms with Crippen molar-refractivity contribution >= 4 is 35.2 Å². The van der Waals surface area contributed by atoms with Crippen molar-refractivity contribution in [1.29, 1.82) is 0 Å². The van der Waals surface area contributed by atoms with E-state index in [1.165, 1.54) is 4.90 Å². The van der Waals surface area contributed by atoms with Crippen molar-refractivity contribution in [2.45, 2.75) is 39.7 Å². The highest BCUT2D eigenvalue weighted by atomic mass is 35.5. The van der Waals surface area contributed by atoms with Crippen molar-refractivity contribution in [1.82, 2.24) is 9.80 Å². The molecule has 1 aliphatic heterocycles. The zero-order valence-corrected chi connectivity index (χ0v) is 16.6. The second kappa shape index (κ2) is 9.08. The number of piperidine rings is 1. The van der Waals surface area contributed by atoms with Gasteiger partial charge in [-0.15, -0.1) is 0 Å². The van der Waals surface area contributed by atoms with Gasteiger partial charge in [0, 0.05) is 31.4 Å². The molecule has 2 rings (SSSR count). The minimum atomic E-state index is -0.889. The van der Waals surface area contributed by atoms with Gasteiger partial charge in [0.25, 0.3) is 5.91 Å². The molecule has 1 aromatic carbocycles. The number of benzene rings is 1. The summed E-state index contributed by atoms with van der Waals surface area (Å²) in [6.07, 6.45) is 1.22. The summed E-state index contributed by atoms with van der Waals surface area (Å²) in [5.74, 6) is -1.63. The number of carbonyl (C=O) groups excluding carboxylic acids is 2. The van der Waals surface area contributed by atoms with Crippen LogP contribution < -0.4 is 5.32 Å². The SMILES string of the molecule is CCN(C(=O)c1cc(NC(=O)N2CCCC(C(=O)O)C2)ccc1Cl)C(C)C. The van der Waals surface area contributed by atoms with Crippen LogP contribution in [-0.2, 0) is 4.79 Å². The van der Waals surface area contributed by atoms with E-state index in [0.29, 0.717) is 42.2 Å². The van der Waals surface area contributed by atoms with Crippen LogP contribution in [0.3, 0.4) is 0 Å². The van der Waals surface area contributed by atoms with Crippen LogP contribution in [0, 0.1) is 5.92 Å². The summed E-state index contributed by atoms with van der Waals surface area (Å²) in [7, 11) is 0. The van der Waals surface area contributed by atoms with Crippen LogP contribution >= 0.6 is 11.6 Å². The number of likely N-dealkylation sites (tertiary alicyclic amines) is 1. The normalized spacial score (nSPS) is 16.9. The first-order valence-corrected chi connectivity index (χ1v) is 9.51. The van der Waals surface area contributed by atoms with Gasteiger partial charge in [-0.25, -0.2) is 4.79 Å². The second-order valence-electron chi connectivity index (χ2n) is 6.93. The molecule has 0 saturated carbocycles. The Bertz CT molecular complexity index is 723. The number of nitrogens with one attached hydrogen (secondary N) is 1. The topological polar surface area (TPSA) is 90.0 Å². The Labute approximate surface area is 164 Å². The van der Waals surface area contributed by atoms with E-state index in [9.17, 15) is 14.4 Å². The lowest BCUT2D eigenvalue weighted by Gasteiger charge is -2.30. The predicted octanol–water partition coefficient (Wildman–Crippen LogP) is 3.54. The minimum Gasteiger partial charge on any atom is -0.481 e. The summed E-state index contributed by atoms with van der Waals surface area (Å²) in [5.41, 5.74) is 0.775. The Hall–Kier alpha value is -2.28.